The van der Waals surface area contributed by atoms with Gasteiger partial charge in [-0.3, -0.25) is 4.79 Å². The van der Waals surface area contributed by atoms with E-state index in [9.17, 15) is 4.79 Å². The number of thiophene rings is 1. The van der Waals surface area contributed by atoms with Crippen LogP contribution in [0, 0.1) is 0 Å². The van der Waals surface area contributed by atoms with Gasteiger partial charge >= 0.3 is 0 Å². The van der Waals surface area contributed by atoms with Gasteiger partial charge in [-0.25, -0.2) is 0 Å². The summed E-state index contributed by atoms with van der Waals surface area (Å²) >= 11 is 11.6. The average molecular weight is 425 g/mol. The highest BCUT2D eigenvalue weighted by Crippen LogP contribution is 2.29. The van der Waals surface area contributed by atoms with Crippen LogP contribution in [0.2, 0.25) is 0 Å². The quantitative estimate of drug-likeness (QED) is 0.600. The average Bonchev–Trinajstić information content (AvgIpc) is 2.67. The number of halogens is 3. The van der Waals surface area contributed by atoms with E-state index < -0.39 is 0 Å². The summed E-state index contributed by atoms with van der Waals surface area (Å²) in [4.78, 5) is 13.0. The summed E-state index contributed by atoms with van der Waals surface area (Å²) in [5.41, 5.74) is 0.664. The number of rotatable bonds is 2. The summed E-state index contributed by atoms with van der Waals surface area (Å²) in [5, 5.41) is 1.89. The first kappa shape index (κ1) is 12.5. The summed E-state index contributed by atoms with van der Waals surface area (Å²) in [5.74, 6) is 0.0232. The molecule has 0 atom stereocenters. The first-order valence-electron chi connectivity index (χ1n) is 4.32. The Morgan fingerprint density at radius 1 is 1.06 bits per heavy atom. The molecule has 0 aliphatic rings. The van der Waals surface area contributed by atoms with Crippen molar-refractivity contribution in [2.45, 2.75) is 0 Å². The molecule has 0 aliphatic heterocycles. The molecule has 0 spiro atoms. The Balaban J connectivity index is 2.49. The van der Waals surface area contributed by atoms with Gasteiger partial charge in [0.15, 0.2) is 0 Å². The highest BCUT2D eigenvalue weighted by Gasteiger charge is 2.16. The fourth-order valence-corrected chi connectivity index (χ4v) is 3.54. The van der Waals surface area contributed by atoms with Crippen LogP contribution in [0.15, 0.2) is 43.1 Å². The monoisotopic (exact) mass is 422 g/mol. The number of ketones is 1. The minimum absolute atomic E-state index is 0.0232. The van der Waals surface area contributed by atoms with Crippen molar-refractivity contribution >= 4 is 64.9 Å². The van der Waals surface area contributed by atoms with Gasteiger partial charge in [-0.2, -0.15) is 0 Å². The second-order valence-electron chi connectivity index (χ2n) is 3.05. The van der Waals surface area contributed by atoms with Crippen LogP contribution in [0.3, 0.4) is 0 Å². The van der Waals surface area contributed by atoms with Gasteiger partial charge in [-0.15, -0.1) is 11.3 Å². The second kappa shape index (κ2) is 5.12. The van der Waals surface area contributed by atoms with Crippen LogP contribution in [-0.2, 0) is 0 Å². The van der Waals surface area contributed by atoms with E-state index in [4.69, 9.17) is 0 Å². The molecule has 0 N–H and O–H groups in total. The lowest BCUT2D eigenvalue weighted by Crippen LogP contribution is -2.00. The van der Waals surface area contributed by atoms with E-state index in [0.29, 0.717) is 5.56 Å². The number of hydrogen-bond donors (Lipinski definition) is 0. The second-order valence-corrected chi connectivity index (χ2v) is 6.59. The molecule has 0 saturated carbocycles. The van der Waals surface area contributed by atoms with E-state index in [1.165, 1.54) is 11.3 Å². The van der Waals surface area contributed by atoms with Crippen molar-refractivity contribution in [3.63, 3.8) is 0 Å². The maximum atomic E-state index is 12.2. The predicted molar refractivity (Wildman–Crippen MR) is 77.3 cm³/mol. The van der Waals surface area contributed by atoms with Crippen molar-refractivity contribution in [2.24, 2.45) is 0 Å². The van der Waals surface area contributed by atoms with Gasteiger partial charge in [-0.05, 0) is 45.6 Å². The molecule has 0 aliphatic carbocycles. The van der Waals surface area contributed by atoms with Crippen molar-refractivity contribution in [3.05, 3.63) is 53.5 Å². The normalized spacial score (nSPS) is 10.4. The Hall–Kier alpha value is 0.0300. The van der Waals surface area contributed by atoms with Crippen LogP contribution in [0.1, 0.15) is 15.2 Å². The van der Waals surface area contributed by atoms with E-state index in [-0.39, 0.29) is 5.78 Å². The van der Waals surface area contributed by atoms with E-state index >= 15 is 0 Å². The van der Waals surface area contributed by atoms with Crippen LogP contribution in [0.25, 0.3) is 0 Å². The molecule has 0 radical (unpaired) electrons. The fourth-order valence-electron chi connectivity index (χ4n) is 1.25. The first-order chi connectivity index (χ1) is 7.59. The summed E-state index contributed by atoms with van der Waals surface area (Å²) in [6.07, 6.45) is 0. The fraction of sp³-hybridized carbons (Fsp3) is 0. The van der Waals surface area contributed by atoms with Gasteiger partial charge in [0.05, 0.1) is 4.88 Å². The molecule has 82 valence electrons. The highest BCUT2D eigenvalue weighted by molar-refractivity contribution is 9.11. The number of hydrogen-bond acceptors (Lipinski definition) is 2. The molecule has 0 saturated heterocycles. The van der Waals surface area contributed by atoms with E-state index in [1.54, 1.807) is 0 Å². The summed E-state index contributed by atoms with van der Waals surface area (Å²) < 4.78 is 2.54. The van der Waals surface area contributed by atoms with Crippen LogP contribution in [0.5, 0.6) is 0 Å². The van der Waals surface area contributed by atoms with Gasteiger partial charge in [0.1, 0.15) is 0 Å². The van der Waals surface area contributed by atoms with E-state index in [0.717, 1.165) is 18.3 Å². The molecule has 1 aromatic heterocycles. The summed E-state index contributed by atoms with van der Waals surface area (Å²) in [6, 6.07) is 7.45. The smallest absolute Gasteiger partial charge is 0.205 e. The Bertz CT molecular complexity index is 548. The summed E-state index contributed by atoms with van der Waals surface area (Å²) in [7, 11) is 0. The minimum Gasteiger partial charge on any atom is -0.288 e. The van der Waals surface area contributed by atoms with Gasteiger partial charge < -0.3 is 0 Å². The zero-order valence-electron chi connectivity index (χ0n) is 7.84. The predicted octanol–water partition coefficient (Wildman–Crippen LogP) is 5.27. The van der Waals surface area contributed by atoms with Crippen molar-refractivity contribution in [1.82, 2.24) is 0 Å². The first-order valence-corrected chi connectivity index (χ1v) is 7.58. The number of carbonyl (C=O) groups excluding carboxylic acids is 1. The van der Waals surface area contributed by atoms with E-state index in [2.05, 4.69) is 47.8 Å². The molecule has 1 nitrogen and oxygen atoms in total. The van der Waals surface area contributed by atoms with Crippen molar-refractivity contribution in [2.75, 3.05) is 0 Å². The standard InChI is InChI=1S/C11H5Br3OS/c12-6-1-2-8(13)7(5-6)10(15)11-9(14)3-4-16-11/h1-5H. The Kier molecular flexibility index (Phi) is 4.00. The molecule has 2 rings (SSSR count). The molecular weight excluding hydrogens is 420 g/mol. The topological polar surface area (TPSA) is 17.1 Å². The van der Waals surface area contributed by atoms with Crippen LogP contribution in [-0.4, -0.2) is 5.78 Å². The molecule has 1 aromatic carbocycles. The Morgan fingerprint density at radius 3 is 2.44 bits per heavy atom. The van der Waals surface area contributed by atoms with Crippen LogP contribution >= 0.6 is 59.1 Å². The third-order valence-corrected chi connectivity index (χ3v) is 5.02. The van der Waals surface area contributed by atoms with Crippen LogP contribution in [0.4, 0.5) is 0 Å². The zero-order chi connectivity index (χ0) is 11.7. The molecule has 0 amide bonds. The summed E-state index contributed by atoms with van der Waals surface area (Å²) in [6.45, 7) is 0. The van der Waals surface area contributed by atoms with Gasteiger partial charge in [-0.1, -0.05) is 31.9 Å². The van der Waals surface area contributed by atoms with Crippen molar-refractivity contribution in [1.29, 1.82) is 0 Å². The Morgan fingerprint density at radius 2 is 1.81 bits per heavy atom. The lowest BCUT2D eigenvalue weighted by molar-refractivity contribution is 0.104. The highest BCUT2D eigenvalue weighted by atomic mass is 79.9. The largest absolute Gasteiger partial charge is 0.288 e. The third-order valence-electron chi connectivity index (χ3n) is 2.00. The maximum Gasteiger partial charge on any atom is 0.205 e. The SMILES string of the molecule is O=C(c1cc(Br)ccc1Br)c1sccc1Br. The molecule has 0 bridgehead atoms. The van der Waals surface area contributed by atoms with Crippen LogP contribution < -0.4 is 0 Å². The minimum atomic E-state index is 0.0232. The number of benzene rings is 1. The molecule has 0 unspecified atom stereocenters. The molecule has 5 heteroatoms. The van der Waals surface area contributed by atoms with Gasteiger partial charge in [0.25, 0.3) is 0 Å². The van der Waals surface area contributed by atoms with Gasteiger partial charge in [0.2, 0.25) is 5.78 Å². The number of carbonyl (C=O) groups is 1. The van der Waals surface area contributed by atoms with Crippen molar-refractivity contribution < 1.29 is 4.79 Å². The Labute approximate surface area is 122 Å². The van der Waals surface area contributed by atoms with E-state index in [1.807, 2.05) is 29.6 Å². The lowest BCUT2D eigenvalue weighted by atomic mass is 10.1. The molecule has 1 heterocycles. The third kappa shape index (κ3) is 2.47. The maximum absolute atomic E-state index is 12.2. The molecule has 2 aromatic rings. The van der Waals surface area contributed by atoms with Gasteiger partial charge in [0, 0.05) is 19.0 Å². The zero-order valence-corrected chi connectivity index (χ0v) is 13.4. The lowest BCUT2D eigenvalue weighted by Gasteiger charge is -2.03. The van der Waals surface area contributed by atoms with Crippen molar-refractivity contribution in [3.8, 4) is 0 Å². The molecule has 0 fully saturated rings. The molecular formula is C11H5Br3OS. The molecule has 16 heavy (non-hydrogen) atoms.